The zero-order valence-corrected chi connectivity index (χ0v) is 12.1. The number of carboxylic acid groups (broad SMARTS) is 1. The summed E-state index contributed by atoms with van der Waals surface area (Å²) in [6.07, 6.45) is 4.35. The third-order valence-corrected chi connectivity index (χ3v) is 3.70. The zero-order valence-electron chi connectivity index (χ0n) is 12.1. The van der Waals surface area contributed by atoms with Gasteiger partial charge in [-0.2, -0.15) is 5.10 Å². The molecule has 7 nitrogen and oxygen atoms in total. The fourth-order valence-electron chi connectivity index (χ4n) is 2.45. The molecule has 0 bridgehead atoms. The smallest absolute Gasteiger partial charge is 0.326 e. The van der Waals surface area contributed by atoms with E-state index in [1.807, 2.05) is 6.92 Å². The van der Waals surface area contributed by atoms with Crippen molar-refractivity contribution in [2.45, 2.75) is 44.6 Å². The molecule has 1 aromatic heterocycles. The van der Waals surface area contributed by atoms with Crippen molar-refractivity contribution in [2.24, 2.45) is 0 Å². The number of amides is 1. The number of nitrogens with one attached hydrogen (secondary N) is 2. The molecule has 0 aliphatic carbocycles. The van der Waals surface area contributed by atoms with Crippen LogP contribution in [0.2, 0.25) is 0 Å². The van der Waals surface area contributed by atoms with Gasteiger partial charge in [0.2, 0.25) is 0 Å². The number of carboxylic acids is 1. The van der Waals surface area contributed by atoms with Gasteiger partial charge in [0, 0.05) is 12.5 Å². The van der Waals surface area contributed by atoms with E-state index in [2.05, 4.69) is 15.5 Å². The van der Waals surface area contributed by atoms with Crippen LogP contribution in [-0.4, -0.2) is 46.4 Å². The highest BCUT2D eigenvalue weighted by Crippen LogP contribution is 2.26. The number of H-pyrrole nitrogens is 1. The molecule has 116 valence electrons. The summed E-state index contributed by atoms with van der Waals surface area (Å²) in [5, 5.41) is 18.5. The van der Waals surface area contributed by atoms with Crippen LogP contribution in [0.4, 0.5) is 0 Å². The highest BCUT2D eigenvalue weighted by Gasteiger charge is 2.27. The van der Waals surface area contributed by atoms with Crippen LogP contribution in [0.15, 0.2) is 6.20 Å². The van der Waals surface area contributed by atoms with E-state index < -0.39 is 17.9 Å². The number of carbonyl (C=O) groups excluding carboxylic acids is 1. The molecule has 0 aromatic carbocycles. The minimum atomic E-state index is -1.01. The molecule has 1 aromatic rings. The van der Waals surface area contributed by atoms with Crippen LogP contribution in [0.3, 0.4) is 0 Å². The van der Waals surface area contributed by atoms with E-state index in [-0.39, 0.29) is 5.92 Å². The Morgan fingerprint density at radius 3 is 3.05 bits per heavy atom. The van der Waals surface area contributed by atoms with Gasteiger partial charge in [0.15, 0.2) is 0 Å². The molecular weight excluding hydrogens is 274 g/mol. The highest BCUT2D eigenvalue weighted by atomic mass is 16.5. The van der Waals surface area contributed by atoms with Crippen LogP contribution in [0, 0.1) is 0 Å². The summed E-state index contributed by atoms with van der Waals surface area (Å²) >= 11 is 0. The highest BCUT2D eigenvalue weighted by molar-refractivity contribution is 5.97. The maximum absolute atomic E-state index is 12.3. The van der Waals surface area contributed by atoms with Crippen molar-refractivity contribution in [1.29, 1.82) is 0 Å². The Morgan fingerprint density at radius 2 is 2.43 bits per heavy atom. The van der Waals surface area contributed by atoms with Crippen molar-refractivity contribution < 1.29 is 19.4 Å². The van der Waals surface area contributed by atoms with Gasteiger partial charge in [0.05, 0.1) is 24.1 Å². The molecule has 1 aliphatic heterocycles. The van der Waals surface area contributed by atoms with Gasteiger partial charge < -0.3 is 15.2 Å². The summed E-state index contributed by atoms with van der Waals surface area (Å²) in [7, 11) is 0. The van der Waals surface area contributed by atoms with Gasteiger partial charge in [-0.3, -0.25) is 9.89 Å². The molecule has 2 rings (SSSR count). The Balaban J connectivity index is 2.05. The number of aliphatic carboxylic acids is 1. The second-order valence-corrected chi connectivity index (χ2v) is 5.26. The van der Waals surface area contributed by atoms with E-state index in [1.165, 1.54) is 6.20 Å². The number of nitrogens with zero attached hydrogens (tertiary/aromatic N) is 1. The standard InChI is InChI=1S/C14H21N3O4/c1-2-3-4-11(14(19)20)16-13(18)10-7-15-17-12(10)9-5-6-21-8-9/h7,9,11H,2-6,8H2,1H3,(H,15,17)(H,16,18)(H,19,20)/t9?,11-/m0/s1. The van der Waals surface area contributed by atoms with Gasteiger partial charge in [0.25, 0.3) is 5.91 Å². The summed E-state index contributed by atoms with van der Waals surface area (Å²) in [6.45, 7) is 3.20. The van der Waals surface area contributed by atoms with Gasteiger partial charge in [0.1, 0.15) is 6.04 Å². The van der Waals surface area contributed by atoms with Crippen LogP contribution < -0.4 is 5.32 Å². The molecule has 2 heterocycles. The fourth-order valence-corrected chi connectivity index (χ4v) is 2.45. The van der Waals surface area contributed by atoms with E-state index >= 15 is 0 Å². The van der Waals surface area contributed by atoms with Gasteiger partial charge in [-0.05, 0) is 12.8 Å². The van der Waals surface area contributed by atoms with Gasteiger partial charge in [-0.25, -0.2) is 4.79 Å². The molecule has 1 aliphatic rings. The van der Waals surface area contributed by atoms with Crippen molar-refractivity contribution in [3.63, 3.8) is 0 Å². The summed E-state index contributed by atoms with van der Waals surface area (Å²) in [4.78, 5) is 23.5. The number of rotatable bonds is 7. The molecule has 0 radical (unpaired) electrons. The number of hydrogen-bond donors (Lipinski definition) is 3. The summed E-state index contributed by atoms with van der Waals surface area (Å²) in [5.74, 6) is -1.28. The lowest BCUT2D eigenvalue weighted by Crippen LogP contribution is -2.41. The Hall–Kier alpha value is -1.89. The number of unbranched alkanes of at least 4 members (excludes halogenated alkanes) is 1. The first-order valence-electron chi connectivity index (χ1n) is 7.28. The molecule has 1 unspecified atom stereocenters. The molecule has 3 N–H and O–H groups in total. The van der Waals surface area contributed by atoms with Crippen LogP contribution >= 0.6 is 0 Å². The van der Waals surface area contributed by atoms with Crippen LogP contribution in [-0.2, 0) is 9.53 Å². The Morgan fingerprint density at radius 1 is 1.62 bits per heavy atom. The van der Waals surface area contributed by atoms with E-state index in [0.717, 1.165) is 25.0 Å². The molecular formula is C14H21N3O4. The third-order valence-electron chi connectivity index (χ3n) is 3.70. The average Bonchev–Trinajstić information content (AvgIpc) is 3.11. The van der Waals surface area contributed by atoms with Gasteiger partial charge in [-0.15, -0.1) is 0 Å². The molecule has 7 heteroatoms. The van der Waals surface area contributed by atoms with Crippen molar-refractivity contribution in [3.8, 4) is 0 Å². The van der Waals surface area contributed by atoms with E-state index in [1.54, 1.807) is 0 Å². The number of aromatic nitrogens is 2. The maximum Gasteiger partial charge on any atom is 0.326 e. The van der Waals surface area contributed by atoms with Crippen molar-refractivity contribution in [3.05, 3.63) is 17.5 Å². The summed E-state index contributed by atoms with van der Waals surface area (Å²) in [5.41, 5.74) is 1.14. The van der Waals surface area contributed by atoms with Gasteiger partial charge >= 0.3 is 5.97 Å². The largest absolute Gasteiger partial charge is 0.480 e. The Kier molecular flexibility index (Phi) is 5.32. The molecule has 1 saturated heterocycles. The first kappa shape index (κ1) is 15.5. The zero-order chi connectivity index (χ0) is 15.2. The molecule has 21 heavy (non-hydrogen) atoms. The first-order chi connectivity index (χ1) is 10.1. The fraction of sp³-hybridized carbons (Fsp3) is 0.643. The van der Waals surface area contributed by atoms with Crippen LogP contribution in [0.5, 0.6) is 0 Å². The normalized spacial score (nSPS) is 19.4. The number of aromatic amines is 1. The number of carbonyl (C=O) groups is 2. The molecule has 1 amide bonds. The Labute approximate surface area is 123 Å². The van der Waals surface area contributed by atoms with Crippen molar-refractivity contribution in [2.75, 3.05) is 13.2 Å². The Bertz CT molecular complexity index is 494. The van der Waals surface area contributed by atoms with E-state index in [9.17, 15) is 9.59 Å². The number of ether oxygens (including phenoxy) is 1. The monoisotopic (exact) mass is 295 g/mol. The third kappa shape index (κ3) is 3.81. The van der Waals surface area contributed by atoms with E-state index in [4.69, 9.17) is 9.84 Å². The molecule has 2 atom stereocenters. The van der Waals surface area contributed by atoms with Crippen molar-refractivity contribution in [1.82, 2.24) is 15.5 Å². The molecule has 0 spiro atoms. The van der Waals surface area contributed by atoms with Crippen LogP contribution in [0.25, 0.3) is 0 Å². The van der Waals surface area contributed by atoms with Crippen molar-refractivity contribution >= 4 is 11.9 Å². The predicted octanol–water partition coefficient (Wildman–Crippen LogP) is 1.29. The topological polar surface area (TPSA) is 104 Å². The summed E-state index contributed by atoms with van der Waals surface area (Å²) < 4.78 is 5.31. The van der Waals surface area contributed by atoms with Crippen LogP contribution in [0.1, 0.15) is 54.6 Å². The SMILES string of the molecule is CCCC[C@H](NC(=O)c1cn[nH]c1C1CCOC1)C(=O)O. The number of hydrogen-bond acceptors (Lipinski definition) is 4. The van der Waals surface area contributed by atoms with Gasteiger partial charge in [-0.1, -0.05) is 19.8 Å². The average molecular weight is 295 g/mol. The molecule has 1 fully saturated rings. The lowest BCUT2D eigenvalue weighted by Gasteiger charge is -2.15. The maximum atomic E-state index is 12.3. The second-order valence-electron chi connectivity index (χ2n) is 5.26. The quantitative estimate of drug-likeness (QED) is 0.703. The minimum absolute atomic E-state index is 0.118. The lowest BCUT2D eigenvalue weighted by molar-refractivity contribution is -0.139. The predicted molar refractivity (Wildman–Crippen MR) is 75.2 cm³/mol. The minimum Gasteiger partial charge on any atom is -0.480 e. The first-order valence-corrected chi connectivity index (χ1v) is 7.28. The van der Waals surface area contributed by atoms with E-state index in [0.29, 0.717) is 25.2 Å². The second kappa shape index (κ2) is 7.21. The lowest BCUT2D eigenvalue weighted by atomic mass is 10.0. The summed E-state index contributed by atoms with van der Waals surface area (Å²) in [6, 6.07) is -0.861. The molecule has 0 saturated carbocycles.